The van der Waals surface area contributed by atoms with Gasteiger partial charge in [-0.2, -0.15) is 4.31 Å². The first-order chi connectivity index (χ1) is 12.5. The minimum Gasteiger partial charge on any atom is -0.331 e. The van der Waals surface area contributed by atoms with E-state index in [1.807, 2.05) is 37.3 Å². The highest BCUT2D eigenvalue weighted by molar-refractivity contribution is 7.89. The van der Waals surface area contributed by atoms with E-state index in [1.54, 1.807) is 35.2 Å². The molecule has 0 bridgehead atoms. The Morgan fingerprint density at radius 3 is 2.04 bits per heavy atom. The molecule has 138 valence electrons. The van der Waals surface area contributed by atoms with Gasteiger partial charge < -0.3 is 10.2 Å². The molecular formula is C19H23N3O3S. The molecule has 1 aliphatic heterocycles. The van der Waals surface area contributed by atoms with E-state index in [4.69, 9.17) is 0 Å². The van der Waals surface area contributed by atoms with Crippen molar-refractivity contribution in [1.82, 2.24) is 14.5 Å². The molecule has 2 amide bonds. The third kappa shape index (κ3) is 4.05. The molecule has 3 rings (SSSR count). The van der Waals surface area contributed by atoms with Crippen LogP contribution in [0.1, 0.15) is 18.5 Å². The van der Waals surface area contributed by atoms with Gasteiger partial charge in [-0.25, -0.2) is 13.2 Å². The molecule has 6 nitrogen and oxygen atoms in total. The summed E-state index contributed by atoms with van der Waals surface area (Å²) in [7, 11) is -3.50. The van der Waals surface area contributed by atoms with Gasteiger partial charge in [0.2, 0.25) is 10.0 Å². The quantitative estimate of drug-likeness (QED) is 0.895. The summed E-state index contributed by atoms with van der Waals surface area (Å²) in [4.78, 5) is 14.4. The highest BCUT2D eigenvalue weighted by atomic mass is 32.2. The lowest BCUT2D eigenvalue weighted by molar-refractivity contribution is 0.169. The molecule has 1 aliphatic rings. The van der Waals surface area contributed by atoms with Gasteiger partial charge >= 0.3 is 6.03 Å². The summed E-state index contributed by atoms with van der Waals surface area (Å²) in [5, 5.41) is 2.97. The summed E-state index contributed by atoms with van der Waals surface area (Å²) in [5.41, 5.74) is 1.03. The van der Waals surface area contributed by atoms with Gasteiger partial charge in [0.1, 0.15) is 0 Å². The SMILES string of the molecule is C[C@@H](NC(=O)N1CCN(S(=O)(=O)c2ccccc2)CC1)c1ccccc1. The van der Waals surface area contributed by atoms with Gasteiger partial charge in [-0.1, -0.05) is 48.5 Å². The molecule has 0 saturated carbocycles. The first kappa shape index (κ1) is 18.4. The second kappa shape index (κ2) is 7.88. The molecule has 0 aliphatic carbocycles. The van der Waals surface area contributed by atoms with Crippen LogP contribution in [-0.4, -0.2) is 49.8 Å². The summed E-state index contributed by atoms with van der Waals surface area (Å²) < 4.78 is 26.7. The van der Waals surface area contributed by atoms with Gasteiger partial charge in [-0.05, 0) is 24.6 Å². The molecular weight excluding hydrogens is 350 g/mol. The van der Waals surface area contributed by atoms with Crippen molar-refractivity contribution in [1.29, 1.82) is 0 Å². The minimum atomic E-state index is -3.50. The number of nitrogens with zero attached hydrogens (tertiary/aromatic N) is 2. The van der Waals surface area contributed by atoms with Crippen molar-refractivity contribution >= 4 is 16.1 Å². The maximum atomic E-state index is 12.6. The van der Waals surface area contributed by atoms with E-state index >= 15 is 0 Å². The van der Waals surface area contributed by atoms with E-state index in [-0.39, 0.29) is 17.0 Å². The van der Waals surface area contributed by atoms with Gasteiger partial charge in [0.25, 0.3) is 0 Å². The van der Waals surface area contributed by atoms with Crippen LogP contribution in [0.3, 0.4) is 0 Å². The van der Waals surface area contributed by atoms with E-state index in [2.05, 4.69) is 5.32 Å². The molecule has 1 N–H and O–H groups in total. The molecule has 26 heavy (non-hydrogen) atoms. The molecule has 1 atom stereocenters. The number of sulfonamides is 1. The lowest BCUT2D eigenvalue weighted by Gasteiger charge is -2.34. The fourth-order valence-electron chi connectivity index (χ4n) is 2.97. The van der Waals surface area contributed by atoms with Crippen LogP contribution in [-0.2, 0) is 10.0 Å². The summed E-state index contributed by atoms with van der Waals surface area (Å²) in [6.07, 6.45) is 0. The van der Waals surface area contributed by atoms with Crippen LogP contribution in [0.2, 0.25) is 0 Å². The zero-order chi connectivity index (χ0) is 18.6. The van der Waals surface area contributed by atoms with Gasteiger partial charge in [0.15, 0.2) is 0 Å². The van der Waals surface area contributed by atoms with Crippen molar-refractivity contribution in [2.24, 2.45) is 0 Å². The molecule has 7 heteroatoms. The average Bonchev–Trinajstić information content (AvgIpc) is 2.69. The Balaban J connectivity index is 1.57. The van der Waals surface area contributed by atoms with Gasteiger partial charge in [0, 0.05) is 26.2 Å². The first-order valence-electron chi connectivity index (χ1n) is 8.64. The van der Waals surface area contributed by atoms with Gasteiger partial charge in [-0.15, -0.1) is 0 Å². The molecule has 0 unspecified atom stereocenters. The summed E-state index contributed by atoms with van der Waals surface area (Å²) >= 11 is 0. The van der Waals surface area contributed by atoms with Crippen LogP contribution in [0.4, 0.5) is 4.79 Å². The molecule has 1 heterocycles. The lowest BCUT2D eigenvalue weighted by Crippen LogP contribution is -2.53. The van der Waals surface area contributed by atoms with E-state index in [0.717, 1.165) is 5.56 Å². The number of urea groups is 1. The Labute approximate surface area is 154 Å². The van der Waals surface area contributed by atoms with Crippen molar-refractivity contribution in [3.63, 3.8) is 0 Å². The average molecular weight is 373 g/mol. The third-order valence-electron chi connectivity index (χ3n) is 4.55. The van der Waals surface area contributed by atoms with E-state index < -0.39 is 10.0 Å². The topological polar surface area (TPSA) is 69.7 Å². The van der Waals surface area contributed by atoms with Crippen LogP contribution in [0, 0.1) is 0 Å². The first-order valence-corrected chi connectivity index (χ1v) is 10.1. The predicted octanol–water partition coefficient (Wildman–Crippen LogP) is 2.46. The number of piperazine rings is 1. The maximum Gasteiger partial charge on any atom is 0.317 e. The molecule has 0 aromatic heterocycles. The van der Waals surface area contributed by atoms with Gasteiger partial charge in [-0.3, -0.25) is 0 Å². The van der Waals surface area contributed by atoms with E-state index in [9.17, 15) is 13.2 Å². The maximum absolute atomic E-state index is 12.6. The number of hydrogen-bond acceptors (Lipinski definition) is 3. The predicted molar refractivity (Wildman–Crippen MR) is 100 cm³/mol. The number of hydrogen-bond donors (Lipinski definition) is 1. The van der Waals surface area contributed by atoms with Crippen LogP contribution < -0.4 is 5.32 Å². The molecule has 2 aromatic rings. The lowest BCUT2D eigenvalue weighted by atomic mass is 10.1. The van der Waals surface area contributed by atoms with Crippen molar-refractivity contribution in [3.05, 3.63) is 66.2 Å². The number of amides is 2. The van der Waals surface area contributed by atoms with Crippen molar-refractivity contribution < 1.29 is 13.2 Å². The number of carbonyl (C=O) groups excluding carboxylic acids is 1. The molecule has 0 radical (unpaired) electrons. The van der Waals surface area contributed by atoms with Crippen LogP contribution >= 0.6 is 0 Å². The normalized spacial score (nSPS) is 16.9. The Morgan fingerprint density at radius 2 is 1.46 bits per heavy atom. The monoisotopic (exact) mass is 373 g/mol. The molecule has 0 spiro atoms. The van der Waals surface area contributed by atoms with Gasteiger partial charge in [0.05, 0.1) is 10.9 Å². The standard InChI is InChI=1S/C19H23N3O3S/c1-16(17-8-4-2-5-9-17)20-19(23)21-12-14-22(15-13-21)26(24,25)18-10-6-3-7-11-18/h2-11,16H,12-15H2,1H3,(H,20,23)/t16-/m1/s1. The fourth-order valence-corrected chi connectivity index (χ4v) is 4.42. The van der Waals surface area contributed by atoms with Crippen LogP contribution in [0.15, 0.2) is 65.6 Å². The van der Waals surface area contributed by atoms with E-state index in [0.29, 0.717) is 26.2 Å². The number of carbonyl (C=O) groups is 1. The second-order valence-electron chi connectivity index (χ2n) is 6.29. The highest BCUT2D eigenvalue weighted by Gasteiger charge is 2.30. The Morgan fingerprint density at radius 1 is 0.923 bits per heavy atom. The van der Waals surface area contributed by atoms with Crippen LogP contribution in [0.5, 0.6) is 0 Å². The molecule has 2 aromatic carbocycles. The Kier molecular flexibility index (Phi) is 5.58. The number of nitrogens with one attached hydrogen (secondary N) is 1. The fraction of sp³-hybridized carbons (Fsp3) is 0.316. The number of benzene rings is 2. The highest BCUT2D eigenvalue weighted by Crippen LogP contribution is 2.18. The van der Waals surface area contributed by atoms with Crippen molar-refractivity contribution in [2.75, 3.05) is 26.2 Å². The van der Waals surface area contributed by atoms with Crippen molar-refractivity contribution in [3.8, 4) is 0 Å². The van der Waals surface area contributed by atoms with Crippen molar-refractivity contribution in [2.45, 2.75) is 17.9 Å². The third-order valence-corrected chi connectivity index (χ3v) is 6.46. The largest absolute Gasteiger partial charge is 0.331 e. The molecule has 1 saturated heterocycles. The Hall–Kier alpha value is -2.38. The number of rotatable bonds is 4. The minimum absolute atomic E-state index is 0.102. The Bertz CT molecular complexity index is 833. The van der Waals surface area contributed by atoms with Crippen LogP contribution in [0.25, 0.3) is 0 Å². The zero-order valence-electron chi connectivity index (χ0n) is 14.7. The molecule has 1 fully saturated rings. The smallest absolute Gasteiger partial charge is 0.317 e. The zero-order valence-corrected chi connectivity index (χ0v) is 15.5. The summed E-state index contributed by atoms with van der Waals surface area (Å²) in [6.45, 7) is 3.27. The summed E-state index contributed by atoms with van der Waals surface area (Å²) in [5.74, 6) is 0. The summed E-state index contributed by atoms with van der Waals surface area (Å²) in [6, 6.07) is 17.9. The van der Waals surface area contributed by atoms with E-state index in [1.165, 1.54) is 4.31 Å². The second-order valence-corrected chi connectivity index (χ2v) is 8.22.